The standard InChI is InChI=1S/C29H36O5/c1-26(2)12-8-13-27(3)24(26)11-14-28(4)29(27,34-28)25(30)20-15-22-23(33-18-32-22)16-21(20)31-17-19-9-6-5-7-10-19/h5-7,9-10,15-16,24-25,30H,8,11-14,17-18H2,1-4H3/t24-,25?,27-,28+,29-/m0/s1. The van der Waals surface area contributed by atoms with Gasteiger partial charge in [0, 0.05) is 17.0 Å². The first-order valence-electron chi connectivity index (χ1n) is 12.7. The zero-order valence-corrected chi connectivity index (χ0v) is 20.7. The van der Waals surface area contributed by atoms with Crippen LogP contribution in [0.5, 0.6) is 17.2 Å². The SMILES string of the molecule is CC1(C)CCC[C@@]2(C)[C@H]1CC[C@@]1(C)O[C@]12C(O)c1cc2c(cc1OCc1ccccc1)OCO2. The molecule has 5 heteroatoms. The molecule has 2 aliphatic carbocycles. The van der Waals surface area contributed by atoms with Crippen molar-refractivity contribution in [2.75, 3.05) is 6.79 Å². The molecule has 0 radical (unpaired) electrons. The van der Waals surface area contributed by atoms with Crippen LogP contribution in [0.2, 0.25) is 0 Å². The maximum Gasteiger partial charge on any atom is 0.231 e. The van der Waals surface area contributed by atoms with E-state index in [1.165, 1.54) is 6.42 Å². The number of aliphatic hydroxyl groups excluding tert-OH is 1. The molecule has 182 valence electrons. The summed E-state index contributed by atoms with van der Waals surface area (Å²) in [5.41, 5.74) is 0.944. The van der Waals surface area contributed by atoms with E-state index in [-0.39, 0.29) is 23.2 Å². The predicted molar refractivity (Wildman–Crippen MR) is 129 cm³/mol. The Labute approximate surface area is 202 Å². The molecule has 1 N–H and O–H groups in total. The van der Waals surface area contributed by atoms with Gasteiger partial charge in [-0.15, -0.1) is 0 Å². The van der Waals surface area contributed by atoms with Crippen molar-refractivity contribution in [1.29, 1.82) is 0 Å². The minimum Gasteiger partial charge on any atom is -0.488 e. The maximum atomic E-state index is 12.2. The van der Waals surface area contributed by atoms with Gasteiger partial charge >= 0.3 is 0 Å². The molecule has 1 unspecified atom stereocenters. The van der Waals surface area contributed by atoms with E-state index in [1.807, 2.05) is 42.5 Å². The third-order valence-electron chi connectivity index (χ3n) is 9.54. The lowest BCUT2D eigenvalue weighted by Gasteiger charge is -2.57. The summed E-state index contributed by atoms with van der Waals surface area (Å²) in [4.78, 5) is 0. The number of ether oxygens (including phenoxy) is 4. The van der Waals surface area contributed by atoms with Crippen molar-refractivity contribution < 1.29 is 24.1 Å². The van der Waals surface area contributed by atoms with Crippen LogP contribution >= 0.6 is 0 Å². The third-order valence-corrected chi connectivity index (χ3v) is 9.54. The van der Waals surface area contributed by atoms with E-state index in [1.54, 1.807) is 0 Å². The van der Waals surface area contributed by atoms with Crippen LogP contribution < -0.4 is 14.2 Å². The second-order valence-corrected chi connectivity index (χ2v) is 11.8. The summed E-state index contributed by atoms with van der Waals surface area (Å²) in [5, 5.41) is 12.2. The van der Waals surface area contributed by atoms with Gasteiger partial charge in [0.25, 0.3) is 0 Å². The van der Waals surface area contributed by atoms with Crippen LogP contribution in [0, 0.1) is 16.7 Å². The molecule has 34 heavy (non-hydrogen) atoms. The average Bonchev–Trinajstić information content (AvgIpc) is 3.23. The van der Waals surface area contributed by atoms with Gasteiger partial charge in [-0.3, -0.25) is 0 Å². The first-order chi connectivity index (χ1) is 16.2. The Morgan fingerprint density at radius 1 is 1.00 bits per heavy atom. The van der Waals surface area contributed by atoms with E-state index in [9.17, 15) is 5.11 Å². The van der Waals surface area contributed by atoms with Crippen molar-refractivity contribution in [3.05, 3.63) is 53.6 Å². The van der Waals surface area contributed by atoms with Gasteiger partial charge in [-0.25, -0.2) is 0 Å². The fourth-order valence-electron chi connectivity index (χ4n) is 7.87. The first kappa shape index (κ1) is 22.2. The Hall–Kier alpha value is -2.24. The lowest BCUT2D eigenvalue weighted by molar-refractivity contribution is -0.112. The van der Waals surface area contributed by atoms with Gasteiger partial charge < -0.3 is 24.1 Å². The van der Waals surface area contributed by atoms with Gasteiger partial charge in [-0.1, -0.05) is 57.5 Å². The second-order valence-electron chi connectivity index (χ2n) is 11.8. The maximum absolute atomic E-state index is 12.2. The minimum absolute atomic E-state index is 0.117. The topological polar surface area (TPSA) is 60.5 Å². The molecule has 5 atom stereocenters. The number of rotatable bonds is 5. The van der Waals surface area contributed by atoms with Crippen molar-refractivity contribution in [3.63, 3.8) is 0 Å². The Bertz CT molecular complexity index is 1100. The van der Waals surface area contributed by atoms with Crippen LogP contribution in [0.3, 0.4) is 0 Å². The third kappa shape index (κ3) is 2.99. The molecule has 0 spiro atoms. The van der Waals surface area contributed by atoms with Crippen LogP contribution in [-0.2, 0) is 11.3 Å². The Morgan fingerprint density at radius 3 is 2.50 bits per heavy atom. The fraction of sp³-hybridized carbons (Fsp3) is 0.586. The van der Waals surface area contributed by atoms with Gasteiger partial charge in [0.1, 0.15) is 24.1 Å². The van der Waals surface area contributed by atoms with Crippen molar-refractivity contribution in [2.24, 2.45) is 16.7 Å². The molecule has 5 nitrogen and oxygen atoms in total. The number of benzene rings is 2. The minimum atomic E-state index is -0.820. The molecular weight excluding hydrogens is 428 g/mol. The smallest absolute Gasteiger partial charge is 0.231 e. The molecule has 0 bridgehead atoms. The fourth-order valence-corrected chi connectivity index (χ4v) is 7.87. The largest absolute Gasteiger partial charge is 0.488 e. The van der Waals surface area contributed by atoms with Crippen molar-refractivity contribution >= 4 is 0 Å². The van der Waals surface area contributed by atoms with Crippen LogP contribution in [0.1, 0.15) is 77.0 Å². The molecule has 3 fully saturated rings. The van der Waals surface area contributed by atoms with E-state index in [4.69, 9.17) is 18.9 Å². The monoisotopic (exact) mass is 464 g/mol. The van der Waals surface area contributed by atoms with E-state index >= 15 is 0 Å². The average molecular weight is 465 g/mol. The molecule has 1 saturated heterocycles. The van der Waals surface area contributed by atoms with Crippen molar-refractivity contribution in [3.8, 4) is 17.2 Å². The number of aliphatic hydroxyl groups is 1. The summed E-state index contributed by atoms with van der Waals surface area (Å²) in [7, 11) is 0. The highest BCUT2D eigenvalue weighted by Gasteiger charge is 2.82. The highest BCUT2D eigenvalue weighted by molar-refractivity contribution is 5.54. The normalized spacial score (nSPS) is 35.7. The first-order valence-corrected chi connectivity index (χ1v) is 12.7. The summed E-state index contributed by atoms with van der Waals surface area (Å²) in [5.74, 6) is 2.44. The van der Waals surface area contributed by atoms with Crippen LogP contribution in [0.25, 0.3) is 0 Å². The second kappa shape index (κ2) is 7.38. The molecule has 4 aliphatic rings. The molecule has 0 aromatic heterocycles. The summed E-state index contributed by atoms with van der Waals surface area (Å²) in [6, 6.07) is 13.9. The lowest BCUT2D eigenvalue weighted by Crippen LogP contribution is -2.58. The van der Waals surface area contributed by atoms with Gasteiger partial charge in [0.05, 0.1) is 5.60 Å². The molecule has 2 aromatic rings. The Balaban J connectivity index is 1.41. The Morgan fingerprint density at radius 2 is 1.74 bits per heavy atom. The van der Waals surface area contributed by atoms with E-state index in [0.717, 1.165) is 36.8 Å². The highest BCUT2D eigenvalue weighted by atomic mass is 16.7. The molecule has 6 rings (SSSR count). The summed E-state index contributed by atoms with van der Waals surface area (Å²) in [6.45, 7) is 9.95. The molecule has 2 saturated carbocycles. The zero-order valence-electron chi connectivity index (χ0n) is 20.7. The summed E-state index contributed by atoms with van der Waals surface area (Å²) >= 11 is 0. The molecular formula is C29H36O5. The molecule has 2 heterocycles. The summed E-state index contributed by atoms with van der Waals surface area (Å²) < 4.78 is 24.4. The van der Waals surface area contributed by atoms with Crippen molar-refractivity contribution in [1.82, 2.24) is 0 Å². The van der Waals surface area contributed by atoms with E-state index in [0.29, 0.717) is 29.8 Å². The van der Waals surface area contributed by atoms with Crippen LogP contribution in [0.4, 0.5) is 0 Å². The van der Waals surface area contributed by atoms with Crippen LogP contribution in [0.15, 0.2) is 42.5 Å². The lowest BCUT2D eigenvalue weighted by atomic mass is 9.45. The van der Waals surface area contributed by atoms with Gasteiger partial charge in [0.2, 0.25) is 6.79 Å². The van der Waals surface area contributed by atoms with Gasteiger partial charge in [0.15, 0.2) is 11.5 Å². The van der Waals surface area contributed by atoms with E-state index in [2.05, 4.69) is 27.7 Å². The van der Waals surface area contributed by atoms with Crippen LogP contribution in [-0.4, -0.2) is 23.1 Å². The quantitative estimate of drug-likeness (QED) is 0.535. The van der Waals surface area contributed by atoms with Gasteiger partial charge in [-0.05, 0) is 55.6 Å². The van der Waals surface area contributed by atoms with Gasteiger partial charge in [-0.2, -0.15) is 0 Å². The number of hydrogen-bond donors (Lipinski definition) is 1. The predicted octanol–water partition coefficient (Wildman–Crippen LogP) is 6.18. The Kier molecular flexibility index (Phi) is 4.83. The molecule has 2 aliphatic heterocycles. The van der Waals surface area contributed by atoms with E-state index < -0.39 is 11.7 Å². The molecule has 2 aromatic carbocycles. The zero-order chi connectivity index (χ0) is 23.8. The van der Waals surface area contributed by atoms with Crippen molar-refractivity contribution in [2.45, 2.75) is 83.7 Å². The number of hydrogen-bond acceptors (Lipinski definition) is 5. The summed E-state index contributed by atoms with van der Waals surface area (Å²) in [6.07, 6.45) is 4.75. The number of fused-ring (bicyclic) bond motifs is 4. The molecule has 0 amide bonds. The number of epoxide rings is 1. The highest BCUT2D eigenvalue weighted by Crippen LogP contribution is 2.76.